The van der Waals surface area contributed by atoms with Crippen molar-refractivity contribution in [2.75, 3.05) is 6.61 Å². The summed E-state index contributed by atoms with van der Waals surface area (Å²) in [6.45, 7) is 0.442. The summed E-state index contributed by atoms with van der Waals surface area (Å²) in [5.74, 6) is 0. The van der Waals surface area contributed by atoms with Crippen LogP contribution in [0.25, 0.3) is 0 Å². The zero-order chi connectivity index (χ0) is 9.68. The Labute approximate surface area is 79.6 Å². The number of amides is 2. The highest BCUT2D eigenvalue weighted by atomic mass is 32.1. The van der Waals surface area contributed by atoms with Crippen LogP contribution in [0.5, 0.6) is 0 Å². The van der Waals surface area contributed by atoms with Gasteiger partial charge in [-0.05, 0) is 0 Å². The molecule has 1 rings (SSSR count). The first-order valence-electron chi connectivity index (χ1n) is 3.80. The third-order valence-corrected chi connectivity index (χ3v) is 2.28. The van der Waals surface area contributed by atoms with Gasteiger partial charge in [-0.15, -0.1) is 11.3 Å². The molecule has 0 aliphatic heterocycles. The maximum atomic E-state index is 10.4. The number of aliphatic hydroxyl groups excluding tert-OH is 1. The number of nitrogens with two attached hydrogens (primary N) is 1. The van der Waals surface area contributed by atoms with E-state index in [-0.39, 0.29) is 6.61 Å². The molecule has 5 nitrogen and oxygen atoms in total. The molecular weight excluding hydrogens is 190 g/mol. The predicted molar refractivity (Wildman–Crippen MR) is 49.3 cm³/mol. The minimum atomic E-state index is -0.557. The number of nitrogens with zero attached hydrogens (tertiary/aromatic N) is 1. The van der Waals surface area contributed by atoms with Gasteiger partial charge in [0.1, 0.15) is 5.01 Å². The molecule has 0 spiro atoms. The summed E-state index contributed by atoms with van der Waals surface area (Å²) in [4.78, 5) is 14.5. The van der Waals surface area contributed by atoms with E-state index in [1.807, 2.05) is 5.38 Å². The van der Waals surface area contributed by atoms with Gasteiger partial charge in [0.25, 0.3) is 0 Å². The molecule has 6 heteroatoms. The van der Waals surface area contributed by atoms with Crippen molar-refractivity contribution in [1.29, 1.82) is 0 Å². The molecule has 1 heterocycles. The maximum Gasteiger partial charge on any atom is 0.312 e. The van der Waals surface area contributed by atoms with E-state index >= 15 is 0 Å². The summed E-state index contributed by atoms with van der Waals surface area (Å²) in [5.41, 5.74) is 5.73. The molecule has 0 aliphatic rings. The van der Waals surface area contributed by atoms with Gasteiger partial charge in [0.2, 0.25) is 0 Å². The molecule has 0 fully saturated rings. The summed E-state index contributed by atoms with van der Waals surface area (Å²) >= 11 is 1.44. The number of thiazole rings is 1. The highest BCUT2D eigenvalue weighted by molar-refractivity contribution is 7.09. The Morgan fingerprint density at radius 1 is 1.77 bits per heavy atom. The highest BCUT2D eigenvalue weighted by Gasteiger charge is 2.01. The smallest absolute Gasteiger partial charge is 0.312 e. The quantitative estimate of drug-likeness (QED) is 0.632. The first kappa shape index (κ1) is 9.94. The number of nitrogens with one attached hydrogen (secondary N) is 1. The number of carbonyl (C=O) groups is 1. The maximum absolute atomic E-state index is 10.4. The second kappa shape index (κ2) is 4.78. The average molecular weight is 201 g/mol. The van der Waals surface area contributed by atoms with E-state index in [0.29, 0.717) is 13.0 Å². The second-order valence-corrected chi connectivity index (χ2v) is 3.37. The van der Waals surface area contributed by atoms with Crippen LogP contribution in [-0.4, -0.2) is 22.7 Å². The first-order valence-corrected chi connectivity index (χ1v) is 4.68. The van der Waals surface area contributed by atoms with Crippen molar-refractivity contribution in [2.24, 2.45) is 5.73 Å². The van der Waals surface area contributed by atoms with Crippen molar-refractivity contribution < 1.29 is 9.90 Å². The van der Waals surface area contributed by atoms with Crippen LogP contribution in [0.4, 0.5) is 4.79 Å². The van der Waals surface area contributed by atoms with E-state index in [9.17, 15) is 4.79 Å². The van der Waals surface area contributed by atoms with E-state index in [4.69, 9.17) is 10.8 Å². The fourth-order valence-corrected chi connectivity index (χ4v) is 1.59. The molecule has 0 saturated heterocycles. The van der Waals surface area contributed by atoms with Gasteiger partial charge in [-0.2, -0.15) is 0 Å². The number of urea groups is 1. The van der Waals surface area contributed by atoms with E-state index in [0.717, 1.165) is 10.7 Å². The lowest BCUT2D eigenvalue weighted by molar-refractivity contribution is 0.248. The first-order chi connectivity index (χ1) is 6.22. The molecule has 72 valence electrons. The largest absolute Gasteiger partial charge is 0.396 e. The average Bonchev–Trinajstić information content (AvgIpc) is 2.50. The van der Waals surface area contributed by atoms with Crippen LogP contribution in [0.2, 0.25) is 0 Å². The summed E-state index contributed by atoms with van der Waals surface area (Å²) in [7, 11) is 0. The summed E-state index contributed by atoms with van der Waals surface area (Å²) < 4.78 is 0. The Bertz CT molecular complexity index is 287. The molecule has 0 radical (unpaired) electrons. The van der Waals surface area contributed by atoms with Crippen LogP contribution in [-0.2, 0) is 13.0 Å². The van der Waals surface area contributed by atoms with Gasteiger partial charge in [0.05, 0.1) is 12.2 Å². The van der Waals surface area contributed by atoms with Gasteiger partial charge in [-0.1, -0.05) is 0 Å². The number of hydrogen-bond donors (Lipinski definition) is 3. The van der Waals surface area contributed by atoms with Crippen LogP contribution in [0.1, 0.15) is 10.7 Å². The Morgan fingerprint density at radius 3 is 3.15 bits per heavy atom. The Balaban J connectivity index is 2.44. The van der Waals surface area contributed by atoms with Crippen LogP contribution in [0, 0.1) is 0 Å². The molecule has 13 heavy (non-hydrogen) atoms. The van der Waals surface area contributed by atoms with Gasteiger partial charge in [-0.25, -0.2) is 9.78 Å². The zero-order valence-electron chi connectivity index (χ0n) is 6.99. The van der Waals surface area contributed by atoms with E-state index in [1.54, 1.807) is 0 Å². The molecule has 0 bridgehead atoms. The fraction of sp³-hybridized carbons (Fsp3) is 0.429. The second-order valence-electron chi connectivity index (χ2n) is 2.42. The minimum Gasteiger partial charge on any atom is -0.396 e. The van der Waals surface area contributed by atoms with E-state index in [2.05, 4.69) is 10.3 Å². The van der Waals surface area contributed by atoms with Gasteiger partial charge in [0, 0.05) is 18.4 Å². The van der Waals surface area contributed by atoms with E-state index in [1.165, 1.54) is 11.3 Å². The molecule has 2 amide bonds. The normalized spacial score (nSPS) is 9.92. The van der Waals surface area contributed by atoms with Gasteiger partial charge >= 0.3 is 6.03 Å². The summed E-state index contributed by atoms with van der Waals surface area (Å²) in [6.07, 6.45) is 0.549. The van der Waals surface area contributed by atoms with Crippen molar-refractivity contribution in [3.05, 3.63) is 16.1 Å². The fourth-order valence-electron chi connectivity index (χ4n) is 0.822. The zero-order valence-corrected chi connectivity index (χ0v) is 7.80. The molecule has 0 aromatic carbocycles. The van der Waals surface area contributed by atoms with Crippen molar-refractivity contribution in [3.63, 3.8) is 0 Å². The topological polar surface area (TPSA) is 88.2 Å². The lowest BCUT2D eigenvalue weighted by atomic mass is 10.4. The number of rotatable bonds is 4. The summed E-state index contributed by atoms with van der Waals surface area (Å²) in [5, 5.41) is 13.7. The molecule has 0 atom stereocenters. The van der Waals surface area contributed by atoms with Gasteiger partial charge in [0.15, 0.2) is 0 Å². The summed E-state index contributed by atoms with van der Waals surface area (Å²) in [6, 6.07) is -0.557. The van der Waals surface area contributed by atoms with Crippen molar-refractivity contribution >= 4 is 17.4 Å². The van der Waals surface area contributed by atoms with Crippen LogP contribution in [0.3, 0.4) is 0 Å². The number of hydrogen-bond acceptors (Lipinski definition) is 4. The minimum absolute atomic E-state index is 0.0897. The molecule has 1 aromatic heterocycles. The Kier molecular flexibility index (Phi) is 3.66. The van der Waals surface area contributed by atoms with Crippen molar-refractivity contribution in [2.45, 2.75) is 13.0 Å². The van der Waals surface area contributed by atoms with E-state index < -0.39 is 6.03 Å². The molecular formula is C7H11N3O2S. The highest BCUT2D eigenvalue weighted by Crippen LogP contribution is 2.09. The predicted octanol–water partition coefficient (Wildman–Crippen LogP) is -0.154. The van der Waals surface area contributed by atoms with Crippen molar-refractivity contribution in [3.8, 4) is 0 Å². The number of primary amides is 1. The van der Waals surface area contributed by atoms with Crippen LogP contribution >= 0.6 is 11.3 Å². The number of aliphatic hydroxyl groups is 1. The van der Waals surface area contributed by atoms with Crippen LogP contribution in [0.15, 0.2) is 5.38 Å². The lowest BCUT2D eigenvalue weighted by Crippen LogP contribution is -2.28. The van der Waals surface area contributed by atoms with Crippen molar-refractivity contribution in [1.82, 2.24) is 10.3 Å². The molecule has 0 saturated carbocycles. The molecule has 0 aliphatic carbocycles. The lowest BCUT2D eigenvalue weighted by Gasteiger charge is -1.95. The van der Waals surface area contributed by atoms with Crippen LogP contribution < -0.4 is 11.1 Å². The SMILES string of the molecule is NC(=O)NCc1nc(CCO)cs1. The third-order valence-electron chi connectivity index (χ3n) is 1.38. The number of carbonyl (C=O) groups excluding carboxylic acids is 1. The third kappa shape index (κ3) is 3.39. The molecule has 1 aromatic rings. The number of aromatic nitrogens is 1. The monoisotopic (exact) mass is 201 g/mol. The van der Waals surface area contributed by atoms with Gasteiger partial charge in [-0.3, -0.25) is 0 Å². The Hall–Kier alpha value is -1.14. The van der Waals surface area contributed by atoms with Gasteiger partial charge < -0.3 is 16.2 Å². The standard InChI is InChI=1S/C7H11N3O2S/c8-7(12)9-3-6-10-5(1-2-11)4-13-6/h4,11H,1-3H2,(H3,8,9,12). The molecule has 0 unspecified atom stereocenters. The Morgan fingerprint density at radius 2 is 2.54 bits per heavy atom. The molecule has 4 N–H and O–H groups in total.